The molecule has 4 unspecified atom stereocenters. The number of methoxy groups -OCH3 is 1. The van der Waals surface area contributed by atoms with Crippen LogP contribution < -0.4 is 16.4 Å². The number of amides is 3. The molecule has 0 radical (unpaired) electrons. The molecule has 1 aromatic heterocycles. The van der Waals surface area contributed by atoms with Crippen molar-refractivity contribution in [1.29, 1.82) is 0 Å². The maximum atomic E-state index is 13.7. The highest BCUT2D eigenvalue weighted by atomic mass is 16.5. The maximum absolute atomic E-state index is 13.7. The summed E-state index contributed by atoms with van der Waals surface area (Å²) in [6, 6.07) is 10.6. The van der Waals surface area contributed by atoms with Gasteiger partial charge in [-0.2, -0.15) is 0 Å². The lowest BCUT2D eigenvalue weighted by Crippen LogP contribution is -2.57. The largest absolute Gasteiger partial charge is 0.508 e. The Labute approximate surface area is 251 Å². The molecule has 3 amide bonds. The molecule has 230 valence electrons. The zero-order chi connectivity index (χ0) is 31.1. The summed E-state index contributed by atoms with van der Waals surface area (Å²) >= 11 is 0. The standard InChI is InChI=1S/C32H41N5O6/c1-19(2)15-27(32(42)43-3)36-29(39)26(17-21-18-34-25-8-5-4-7-23(21)25)35-30(40)28-9-6-14-37(28)31(41)24(33)16-20-10-12-22(38)13-11-20/h4-5,7-8,10-13,18-19,24,26-28,34,38H,6,9,14-17,33H2,1-3H3,(H,35,40)(H,36,39). The van der Waals surface area contributed by atoms with Crippen LogP contribution in [0.2, 0.25) is 0 Å². The molecule has 1 aliphatic heterocycles. The molecule has 0 saturated carbocycles. The van der Waals surface area contributed by atoms with Crippen molar-refractivity contribution in [3.63, 3.8) is 0 Å². The second kappa shape index (κ2) is 14.2. The van der Waals surface area contributed by atoms with Crippen molar-refractivity contribution in [3.05, 3.63) is 65.9 Å². The van der Waals surface area contributed by atoms with Crippen molar-refractivity contribution >= 4 is 34.6 Å². The first kappa shape index (κ1) is 31.6. The van der Waals surface area contributed by atoms with Gasteiger partial charge in [-0.1, -0.05) is 44.2 Å². The van der Waals surface area contributed by atoms with Crippen molar-refractivity contribution in [1.82, 2.24) is 20.5 Å². The number of nitrogens with two attached hydrogens (primary N) is 1. The third-order valence-electron chi connectivity index (χ3n) is 7.79. The van der Waals surface area contributed by atoms with Gasteiger partial charge in [0.05, 0.1) is 13.2 Å². The van der Waals surface area contributed by atoms with Gasteiger partial charge in [0.1, 0.15) is 23.9 Å². The molecular formula is C32H41N5O6. The molecule has 43 heavy (non-hydrogen) atoms. The van der Waals surface area contributed by atoms with Gasteiger partial charge in [-0.25, -0.2) is 4.79 Å². The summed E-state index contributed by atoms with van der Waals surface area (Å²) in [6.07, 6.45) is 3.64. The molecule has 2 heterocycles. The first-order chi connectivity index (χ1) is 20.6. The molecule has 1 saturated heterocycles. The monoisotopic (exact) mass is 591 g/mol. The lowest BCUT2D eigenvalue weighted by Gasteiger charge is -2.29. The van der Waals surface area contributed by atoms with Crippen molar-refractivity contribution < 1.29 is 29.0 Å². The summed E-state index contributed by atoms with van der Waals surface area (Å²) in [4.78, 5) is 57.8. The first-order valence-electron chi connectivity index (χ1n) is 14.6. The van der Waals surface area contributed by atoms with E-state index in [1.165, 1.54) is 24.1 Å². The number of hydrogen-bond acceptors (Lipinski definition) is 7. The van der Waals surface area contributed by atoms with Crippen molar-refractivity contribution in [2.24, 2.45) is 11.7 Å². The van der Waals surface area contributed by atoms with E-state index in [1.54, 1.807) is 18.3 Å². The van der Waals surface area contributed by atoms with Gasteiger partial charge >= 0.3 is 5.97 Å². The number of phenolic OH excluding ortho intramolecular Hbond substituents is 1. The van der Waals surface area contributed by atoms with Gasteiger partial charge in [-0.05, 0) is 60.9 Å². The molecule has 1 fully saturated rings. The number of nitrogens with one attached hydrogen (secondary N) is 3. The Morgan fingerprint density at radius 3 is 2.47 bits per heavy atom. The van der Waals surface area contributed by atoms with Crippen LogP contribution in [0.5, 0.6) is 5.75 Å². The Balaban J connectivity index is 1.52. The number of rotatable bonds is 12. The highest BCUT2D eigenvalue weighted by Gasteiger charge is 2.38. The van der Waals surface area contributed by atoms with Crippen LogP contribution in [-0.4, -0.2) is 76.5 Å². The molecule has 2 aromatic carbocycles. The van der Waals surface area contributed by atoms with Crippen molar-refractivity contribution in [2.75, 3.05) is 13.7 Å². The number of hydrogen-bond donors (Lipinski definition) is 5. The molecule has 11 nitrogen and oxygen atoms in total. The number of nitrogens with zero attached hydrogens (tertiary/aromatic N) is 1. The Morgan fingerprint density at radius 2 is 1.77 bits per heavy atom. The summed E-state index contributed by atoms with van der Waals surface area (Å²) < 4.78 is 4.92. The Hall–Kier alpha value is -4.38. The van der Waals surface area contributed by atoms with Crippen LogP contribution in [0.1, 0.15) is 44.2 Å². The van der Waals surface area contributed by atoms with Crippen LogP contribution in [0, 0.1) is 5.92 Å². The summed E-state index contributed by atoms with van der Waals surface area (Å²) in [7, 11) is 1.27. The second-order valence-electron chi connectivity index (χ2n) is 11.5. The number of fused-ring (bicyclic) bond motifs is 1. The molecule has 1 aliphatic rings. The lowest BCUT2D eigenvalue weighted by atomic mass is 10.0. The molecule has 0 aliphatic carbocycles. The van der Waals surface area contributed by atoms with Gasteiger partial charge in [0, 0.05) is 30.1 Å². The van der Waals surface area contributed by atoms with Crippen LogP contribution in [0.3, 0.4) is 0 Å². The average Bonchev–Trinajstić information content (AvgIpc) is 3.64. The third kappa shape index (κ3) is 7.92. The van der Waals surface area contributed by atoms with E-state index in [0.29, 0.717) is 25.8 Å². The summed E-state index contributed by atoms with van der Waals surface area (Å²) in [6.45, 7) is 4.25. The Kier molecular flexibility index (Phi) is 10.4. The number of para-hydroxylation sites is 1. The van der Waals surface area contributed by atoms with Gasteiger partial charge in [0.15, 0.2) is 0 Å². The van der Waals surface area contributed by atoms with Crippen LogP contribution >= 0.6 is 0 Å². The number of phenols is 1. The van der Waals surface area contributed by atoms with Crippen LogP contribution in [0.4, 0.5) is 0 Å². The maximum Gasteiger partial charge on any atom is 0.328 e. The number of carbonyl (C=O) groups is 4. The quantitative estimate of drug-likeness (QED) is 0.201. The molecule has 4 atom stereocenters. The summed E-state index contributed by atoms with van der Waals surface area (Å²) in [5.74, 6) is -1.67. The van der Waals surface area contributed by atoms with E-state index in [1.807, 2.05) is 38.1 Å². The fraction of sp³-hybridized carbons (Fsp3) is 0.438. The van der Waals surface area contributed by atoms with Gasteiger partial charge in [0.25, 0.3) is 0 Å². The molecule has 0 spiro atoms. The number of aromatic amines is 1. The predicted octanol–water partition coefficient (Wildman–Crippen LogP) is 2.17. The van der Waals surface area contributed by atoms with E-state index in [0.717, 1.165) is 22.0 Å². The van der Waals surface area contributed by atoms with Gasteiger partial charge in [0.2, 0.25) is 17.7 Å². The zero-order valence-corrected chi connectivity index (χ0v) is 24.8. The lowest BCUT2D eigenvalue weighted by molar-refractivity contribution is -0.146. The molecule has 11 heteroatoms. The second-order valence-corrected chi connectivity index (χ2v) is 11.5. The minimum Gasteiger partial charge on any atom is -0.508 e. The van der Waals surface area contributed by atoms with E-state index >= 15 is 0 Å². The van der Waals surface area contributed by atoms with E-state index in [9.17, 15) is 24.3 Å². The zero-order valence-electron chi connectivity index (χ0n) is 24.8. The van der Waals surface area contributed by atoms with Gasteiger partial charge in [-0.15, -0.1) is 0 Å². The van der Waals surface area contributed by atoms with Crippen molar-refractivity contribution in [3.8, 4) is 5.75 Å². The third-order valence-corrected chi connectivity index (χ3v) is 7.79. The minimum atomic E-state index is -1.02. The number of H-pyrrole nitrogens is 1. The van der Waals surface area contributed by atoms with E-state index < -0.39 is 42.0 Å². The number of aromatic hydroxyl groups is 1. The normalized spacial score (nSPS) is 17.0. The number of likely N-dealkylation sites (tertiary alicyclic amines) is 1. The number of ether oxygens (including phenoxy) is 1. The number of carbonyl (C=O) groups excluding carboxylic acids is 4. The topological polar surface area (TPSA) is 167 Å². The Bertz CT molecular complexity index is 1440. The highest BCUT2D eigenvalue weighted by molar-refractivity contribution is 5.95. The molecular weight excluding hydrogens is 550 g/mol. The average molecular weight is 592 g/mol. The predicted molar refractivity (Wildman–Crippen MR) is 162 cm³/mol. The SMILES string of the molecule is COC(=O)C(CC(C)C)NC(=O)C(Cc1c[nH]c2ccccc12)NC(=O)C1CCCN1C(=O)C(N)Cc1ccc(O)cc1. The van der Waals surface area contributed by atoms with Crippen LogP contribution in [-0.2, 0) is 36.8 Å². The highest BCUT2D eigenvalue weighted by Crippen LogP contribution is 2.22. The first-order valence-corrected chi connectivity index (χ1v) is 14.6. The number of aromatic nitrogens is 1. The molecule has 4 rings (SSSR count). The van der Waals surface area contributed by atoms with Crippen molar-refractivity contribution in [2.45, 2.75) is 70.1 Å². The van der Waals surface area contributed by atoms with Gasteiger partial charge < -0.3 is 36.1 Å². The van der Waals surface area contributed by atoms with Gasteiger partial charge in [-0.3, -0.25) is 14.4 Å². The minimum absolute atomic E-state index is 0.106. The Morgan fingerprint density at radius 1 is 1.05 bits per heavy atom. The molecule has 6 N–H and O–H groups in total. The summed E-state index contributed by atoms with van der Waals surface area (Å²) in [5, 5.41) is 16.1. The fourth-order valence-electron chi connectivity index (χ4n) is 5.59. The summed E-state index contributed by atoms with van der Waals surface area (Å²) in [5.41, 5.74) is 8.77. The van der Waals surface area contributed by atoms with Crippen LogP contribution in [0.15, 0.2) is 54.7 Å². The fourth-order valence-corrected chi connectivity index (χ4v) is 5.59. The smallest absolute Gasteiger partial charge is 0.328 e. The number of benzene rings is 2. The van der Waals surface area contributed by atoms with E-state index in [-0.39, 0.29) is 30.4 Å². The molecule has 3 aromatic rings. The molecule has 0 bridgehead atoms. The van der Waals surface area contributed by atoms with Crippen LogP contribution in [0.25, 0.3) is 10.9 Å². The van der Waals surface area contributed by atoms with E-state index in [2.05, 4.69) is 15.6 Å². The van der Waals surface area contributed by atoms with E-state index in [4.69, 9.17) is 10.5 Å². The number of esters is 1.